The van der Waals surface area contributed by atoms with Gasteiger partial charge in [-0.3, -0.25) is 0 Å². The molecular weight excluding hydrogens is 329 g/mol. The number of sulfonamides is 1. The van der Waals surface area contributed by atoms with Crippen molar-refractivity contribution < 1.29 is 21.6 Å². The number of hydrogen-bond acceptors (Lipinski definition) is 3. The monoisotopic (exact) mass is 342 g/mol. The van der Waals surface area contributed by atoms with E-state index in [2.05, 4.69) is 5.32 Å². The lowest BCUT2D eigenvalue weighted by molar-refractivity contribution is -0.121. The molecular formula is C12H14ClF3N2O2S. The van der Waals surface area contributed by atoms with E-state index in [1.54, 1.807) is 0 Å². The van der Waals surface area contributed by atoms with E-state index < -0.39 is 22.7 Å². The van der Waals surface area contributed by atoms with E-state index >= 15 is 0 Å². The van der Waals surface area contributed by atoms with Gasteiger partial charge < -0.3 is 5.32 Å². The molecule has 21 heavy (non-hydrogen) atoms. The zero-order valence-corrected chi connectivity index (χ0v) is 12.4. The second kappa shape index (κ2) is 6.12. The van der Waals surface area contributed by atoms with Crippen molar-refractivity contribution in [2.24, 2.45) is 0 Å². The summed E-state index contributed by atoms with van der Waals surface area (Å²) in [5.74, 6) is 0. The summed E-state index contributed by atoms with van der Waals surface area (Å²) in [6.07, 6.45) is -2.40. The van der Waals surface area contributed by atoms with Crippen LogP contribution in [0.3, 0.4) is 0 Å². The highest BCUT2D eigenvalue weighted by molar-refractivity contribution is 7.89. The Morgan fingerprint density at radius 2 is 1.95 bits per heavy atom. The van der Waals surface area contributed by atoms with Crippen LogP contribution in [0.5, 0.6) is 0 Å². The van der Waals surface area contributed by atoms with Crippen molar-refractivity contribution in [3.63, 3.8) is 0 Å². The highest BCUT2D eigenvalue weighted by Crippen LogP contribution is 2.24. The minimum atomic E-state index is -4.61. The fourth-order valence-electron chi connectivity index (χ4n) is 1.64. The normalized spacial score (nSPS) is 16.2. The summed E-state index contributed by atoms with van der Waals surface area (Å²) in [5, 5.41) is 3.43. The summed E-state index contributed by atoms with van der Waals surface area (Å²) in [5.41, 5.74) is 0.707. The summed E-state index contributed by atoms with van der Waals surface area (Å²) < 4.78 is 61.2. The first-order valence-corrected chi connectivity index (χ1v) is 8.12. The number of nitrogens with one attached hydrogen (secondary N) is 2. The van der Waals surface area contributed by atoms with E-state index in [-0.39, 0.29) is 9.92 Å². The third-order valence-electron chi connectivity index (χ3n) is 2.96. The third-order valence-corrected chi connectivity index (χ3v) is 4.71. The van der Waals surface area contributed by atoms with Gasteiger partial charge in [0.25, 0.3) is 0 Å². The lowest BCUT2D eigenvalue weighted by atomic mass is 10.2. The van der Waals surface area contributed by atoms with Crippen LogP contribution >= 0.6 is 11.6 Å². The molecule has 1 fully saturated rings. The molecule has 1 aromatic rings. The second-order valence-electron chi connectivity index (χ2n) is 4.85. The Morgan fingerprint density at radius 1 is 1.29 bits per heavy atom. The van der Waals surface area contributed by atoms with E-state index in [9.17, 15) is 21.6 Å². The van der Waals surface area contributed by atoms with Crippen molar-refractivity contribution in [3.05, 3.63) is 28.8 Å². The van der Waals surface area contributed by atoms with Crippen LogP contribution < -0.4 is 10.0 Å². The summed E-state index contributed by atoms with van der Waals surface area (Å²) >= 11 is 5.97. The summed E-state index contributed by atoms with van der Waals surface area (Å²) in [6.45, 7) is -1.11. The van der Waals surface area contributed by atoms with Crippen LogP contribution in [0, 0.1) is 0 Å². The van der Waals surface area contributed by atoms with Crippen molar-refractivity contribution in [2.75, 3.05) is 6.54 Å². The Hall–Kier alpha value is -0.830. The first kappa shape index (κ1) is 16.5. The molecule has 118 valence electrons. The molecule has 1 saturated carbocycles. The largest absolute Gasteiger partial charge is 0.402 e. The van der Waals surface area contributed by atoms with Gasteiger partial charge >= 0.3 is 6.18 Å². The standard InChI is InChI=1S/C12H14ClF3N2O2S/c13-11-5-10(21(19,20)18-7-12(14,15)16)4-1-8(11)6-17-9-2-3-9/h1,4-5,9,17-18H,2-3,6-7H2. The maximum Gasteiger partial charge on any atom is 0.402 e. The third kappa shape index (κ3) is 5.14. The predicted molar refractivity (Wildman–Crippen MR) is 72.6 cm³/mol. The molecule has 0 atom stereocenters. The fourth-order valence-corrected chi connectivity index (χ4v) is 2.99. The van der Waals surface area contributed by atoms with Crippen LogP contribution in [-0.2, 0) is 16.6 Å². The van der Waals surface area contributed by atoms with E-state index in [1.165, 1.54) is 16.9 Å². The average Bonchev–Trinajstić information content (AvgIpc) is 3.18. The molecule has 0 spiro atoms. The quantitative estimate of drug-likeness (QED) is 0.835. The van der Waals surface area contributed by atoms with E-state index in [4.69, 9.17) is 11.6 Å². The van der Waals surface area contributed by atoms with Crippen LogP contribution in [0.25, 0.3) is 0 Å². The lowest BCUT2D eigenvalue weighted by Crippen LogP contribution is -2.33. The molecule has 1 aromatic carbocycles. The molecule has 0 saturated heterocycles. The SMILES string of the molecule is O=S(=O)(NCC(F)(F)F)c1ccc(CNC2CC2)c(Cl)c1. The minimum absolute atomic E-state index is 0.207. The topological polar surface area (TPSA) is 58.2 Å². The molecule has 1 aliphatic carbocycles. The van der Waals surface area contributed by atoms with Gasteiger partial charge in [-0.25, -0.2) is 13.1 Å². The minimum Gasteiger partial charge on any atom is -0.310 e. The van der Waals surface area contributed by atoms with Crippen molar-refractivity contribution in [3.8, 4) is 0 Å². The summed E-state index contributed by atoms with van der Waals surface area (Å²) in [7, 11) is -4.23. The molecule has 0 bridgehead atoms. The Morgan fingerprint density at radius 3 is 2.48 bits per heavy atom. The van der Waals surface area contributed by atoms with Gasteiger partial charge in [-0.1, -0.05) is 17.7 Å². The van der Waals surface area contributed by atoms with Crippen LogP contribution in [0.2, 0.25) is 5.02 Å². The maximum atomic E-state index is 12.1. The van der Waals surface area contributed by atoms with Crippen LogP contribution in [0.15, 0.2) is 23.1 Å². The number of rotatable bonds is 6. The molecule has 0 aliphatic heterocycles. The van der Waals surface area contributed by atoms with Crippen LogP contribution in [-0.4, -0.2) is 27.2 Å². The van der Waals surface area contributed by atoms with Gasteiger partial charge in [-0.05, 0) is 30.5 Å². The van der Waals surface area contributed by atoms with Gasteiger partial charge in [0.1, 0.15) is 6.54 Å². The average molecular weight is 343 g/mol. The Labute approximate surface area is 125 Å². The molecule has 4 nitrogen and oxygen atoms in total. The van der Waals surface area contributed by atoms with E-state index in [0.717, 1.165) is 18.9 Å². The van der Waals surface area contributed by atoms with Gasteiger partial charge in [0.05, 0.1) is 4.90 Å². The molecule has 0 unspecified atom stereocenters. The second-order valence-corrected chi connectivity index (χ2v) is 7.02. The molecule has 2 rings (SSSR count). The zero-order chi connectivity index (χ0) is 15.7. The molecule has 9 heteroatoms. The van der Waals surface area contributed by atoms with Gasteiger partial charge in [-0.15, -0.1) is 0 Å². The molecule has 0 amide bonds. The number of halogens is 4. The summed E-state index contributed by atoms with van der Waals surface area (Å²) in [4.78, 5) is -0.285. The van der Waals surface area contributed by atoms with Crippen LogP contribution in [0.1, 0.15) is 18.4 Å². The smallest absolute Gasteiger partial charge is 0.310 e. The number of hydrogen-bond donors (Lipinski definition) is 2. The van der Waals surface area contributed by atoms with E-state index in [0.29, 0.717) is 18.2 Å². The lowest BCUT2D eigenvalue weighted by Gasteiger charge is -2.11. The van der Waals surface area contributed by atoms with Gasteiger partial charge in [-0.2, -0.15) is 13.2 Å². The van der Waals surface area contributed by atoms with Gasteiger partial charge in [0.15, 0.2) is 0 Å². The predicted octanol–water partition coefficient (Wildman–Crippen LogP) is 2.43. The first-order chi connectivity index (χ1) is 9.67. The number of alkyl halides is 3. The Kier molecular flexibility index (Phi) is 4.82. The first-order valence-electron chi connectivity index (χ1n) is 6.25. The van der Waals surface area contributed by atoms with Crippen molar-refractivity contribution in [1.29, 1.82) is 0 Å². The zero-order valence-electron chi connectivity index (χ0n) is 10.9. The van der Waals surface area contributed by atoms with Gasteiger partial charge in [0, 0.05) is 17.6 Å². The van der Waals surface area contributed by atoms with Gasteiger partial charge in [0.2, 0.25) is 10.0 Å². The Balaban J connectivity index is 2.06. The molecule has 1 aliphatic rings. The highest BCUT2D eigenvalue weighted by atomic mass is 35.5. The molecule has 0 aromatic heterocycles. The van der Waals surface area contributed by atoms with Crippen molar-refractivity contribution in [2.45, 2.75) is 36.5 Å². The number of benzene rings is 1. The van der Waals surface area contributed by atoms with E-state index in [1.807, 2.05) is 0 Å². The molecule has 2 N–H and O–H groups in total. The highest BCUT2D eigenvalue weighted by Gasteiger charge is 2.30. The fraction of sp³-hybridized carbons (Fsp3) is 0.500. The maximum absolute atomic E-state index is 12.1. The van der Waals surface area contributed by atoms with Crippen molar-refractivity contribution >= 4 is 21.6 Å². The Bertz CT molecular complexity index is 615. The van der Waals surface area contributed by atoms with Crippen molar-refractivity contribution in [1.82, 2.24) is 10.0 Å². The molecule has 0 heterocycles. The summed E-state index contributed by atoms with van der Waals surface area (Å²) in [6, 6.07) is 4.37. The van der Waals surface area contributed by atoms with Crippen LogP contribution in [0.4, 0.5) is 13.2 Å². The molecule has 0 radical (unpaired) electrons.